The van der Waals surface area contributed by atoms with Crippen LogP contribution in [0, 0.1) is 0 Å². The maximum Gasteiger partial charge on any atom is 0.259 e. The van der Waals surface area contributed by atoms with E-state index < -0.39 is 0 Å². The van der Waals surface area contributed by atoms with Crippen LogP contribution in [0.3, 0.4) is 0 Å². The van der Waals surface area contributed by atoms with Crippen LogP contribution in [0.5, 0.6) is 5.75 Å². The molecule has 0 radical (unpaired) electrons. The second-order valence-electron chi connectivity index (χ2n) is 4.39. The molecule has 0 aliphatic rings. The number of halogens is 1. The Hall–Kier alpha value is -2.34. The average molecular weight is 346 g/mol. The highest BCUT2D eigenvalue weighted by Gasteiger charge is 2.14. The molecule has 0 bridgehead atoms. The van der Waals surface area contributed by atoms with Gasteiger partial charge < -0.3 is 15.0 Å². The first kappa shape index (κ1) is 13.6. The lowest BCUT2D eigenvalue weighted by Crippen LogP contribution is -1.87. The molecule has 1 heterocycles. The zero-order valence-corrected chi connectivity index (χ0v) is 12.8. The van der Waals surface area contributed by atoms with E-state index in [1.54, 1.807) is 19.2 Å². The van der Waals surface area contributed by atoms with Crippen LogP contribution in [0.15, 0.2) is 51.5 Å². The molecule has 2 N–H and O–H groups in total. The normalized spacial score (nSPS) is 10.6. The maximum absolute atomic E-state index is 5.67. The highest BCUT2D eigenvalue weighted by Crippen LogP contribution is 2.31. The van der Waals surface area contributed by atoms with E-state index in [0.29, 0.717) is 17.4 Å². The summed E-state index contributed by atoms with van der Waals surface area (Å²) in [6.07, 6.45) is 0. The van der Waals surface area contributed by atoms with Gasteiger partial charge in [0, 0.05) is 15.7 Å². The zero-order valence-electron chi connectivity index (χ0n) is 11.2. The fraction of sp³-hybridized carbons (Fsp3) is 0.0667. The van der Waals surface area contributed by atoms with Crippen molar-refractivity contribution in [2.75, 3.05) is 12.8 Å². The summed E-state index contributed by atoms with van der Waals surface area (Å²) >= 11 is 3.47. The molecule has 3 rings (SSSR count). The Morgan fingerprint density at radius 1 is 1.14 bits per heavy atom. The maximum atomic E-state index is 5.67. The largest absolute Gasteiger partial charge is 0.497 e. The molecule has 0 amide bonds. The monoisotopic (exact) mass is 345 g/mol. The van der Waals surface area contributed by atoms with Crippen molar-refractivity contribution in [3.05, 3.63) is 46.9 Å². The highest BCUT2D eigenvalue weighted by molar-refractivity contribution is 9.10. The Morgan fingerprint density at radius 2 is 1.90 bits per heavy atom. The van der Waals surface area contributed by atoms with Crippen molar-refractivity contribution in [2.45, 2.75) is 0 Å². The molecule has 2 aromatic carbocycles. The molecule has 5 nitrogen and oxygen atoms in total. The van der Waals surface area contributed by atoms with Crippen molar-refractivity contribution in [1.29, 1.82) is 0 Å². The summed E-state index contributed by atoms with van der Waals surface area (Å²) in [6.45, 7) is 0. The minimum Gasteiger partial charge on any atom is -0.497 e. The van der Waals surface area contributed by atoms with Crippen LogP contribution in [0.1, 0.15) is 0 Å². The minimum atomic E-state index is 0.424. The first-order valence-electron chi connectivity index (χ1n) is 6.21. The van der Waals surface area contributed by atoms with E-state index >= 15 is 0 Å². The van der Waals surface area contributed by atoms with E-state index in [9.17, 15) is 0 Å². The van der Waals surface area contributed by atoms with Gasteiger partial charge >= 0.3 is 0 Å². The number of hydrogen-bond acceptors (Lipinski definition) is 5. The van der Waals surface area contributed by atoms with Gasteiger partial charge in [-0.2, -0.15) is 4.98 Å². The average Bonchev–Trinajstić information content (AvgIpc) is 2.98. The SMILES string of the molecule is COc1ccc(Br)c(-c2nc(-c3ccc(N)cc3)no2)c1. The van der Waals surface area contributed by atoms with Crippen LogP contribution < -0.4 is 10.5 Å². The van der Waals surface area contributed by atoms with E-state index in [1.807, 2.05) is 30.3 Å². The number of anilines is 1. The molecule has 0 atom stereocenters. The number of aromatic nitrogens is 2. The van der Waals surface area contributed by atoms with Crippen molar-refractivity contribution in [2.24, 2.45) is 0 Å². The summed E-state index contributed by atoms with van der Waals surface area (Å²) in [5, 5.41) is 4.00. The number of nitrogens with zero attached hydrogens (tertiary/aromatic N) is 2. The van der Waals surface area contributed by atoms with Gasteiger partial charge in [0.1, 0.15) is 5.75 Å². The van der Waals surface area contributed by atoms with Crippen molar-refractivity contribution in [3.63, 3.8) is 0 Å². The Kier molecular flexibility index (Phi) is 3.62. The lowest BCUT2D eigenvalue weighted by atomic mass is 10.2. The van der Waals surface area contributed by atoms with E-state index in [2.05, 4.69) is 26.1 Å². The number of benzene rings is 2. The predicted molar refractivity (Wildman–Crippen MR) is 83.8 cm³/mol. The zero-order chi connectivity index (χ0) is 14.8. The Balaban J connectivity index is 2.00. The lowest BCUT2D eigenvalue weighted by Gasteiger charge is -2.03. The molecule has 6 heteroatoms. The Labute approximate surface area is 129 Å². The molecule has 0 unspecified atom stereocenters. The van der Waals surface area contributed by atoms with Crippen LogP contribution in [0.25, 0.3) is 22.8 Å². The number of methoxy groups -OCH3 is 1. The molecule has 21 heavy (non-hydrogen) atoms. The summed E-state index contributed by atoms with van der Waals surface area (Å²) in [4.78, 5) is 4.41. The molecular formula is C15H12BrN3O2. The molecule has 0 saturated heterocycles. The Bertz CT molecular complexity index is 769. The fourth-order valence-corrected chi connectivity index (χ4v) is 2.29. The van der Waals surface area contributed by atoms with Gasteiger partial charge in [0.15, 0.2) is 0 Å². The van der Waals surface area contributed by atoms with Gasteiger partial charge in [-0.15, -0.1) is 0 Å². The van der Waals surface area contributed by atoms with Crippen LogP contribution in [-0.2, 0) is 0 Å². The van der Waals surface area contributed by atoms with Gasteiger partial charge in [0.25, 0.3) is 5.89 Å². The van der Waals surface area contributed by atoms with E-state index in [4.69, 9.17) is 15.0 Å². The smallest absolute Gasteiger partial charge is 0.259 e. The van der Waals surface area contributed by atoms with E-state index in [0.717, 1.165) is 21.3 Å². The van der Waals surface area contributed by atoms with Gasteiger partial charge in [-0.25, -0.2) is 0 Å². The van der Waals surface area contributed by atoms with Crippen LogP contribution in [-0.4, -0.2) is 17.3 Å². The third-order valence-corrected chi connectivity index (χ3v) is 3.69. The van der Waals surface area contributed by atoms with Crippen LogP contribution >= 0.6 is 15.9 Å². The molecule has 1 aromatic heterocycles. The summed E-state index contributed by atoms with van der Waals surface area (Å²) < 4.78 is 11.4. The minimum absolute atomic E-state index is 0.424. The summed E-state index contributed by atoms with van der Waals surface area (Å²) in [5.74, 6) is 1.66. The number of nitrogen functional groups attached to an aromatic ring is 1. The summed E-state index contributed by atoms with van der Waals surface area (Å²) in [5.41, 5.74) is 7.99. The molecule has 0 aliphatic carbocycles. The number of rotatable bonds is 3. The van der Waals surface area contributed by atoms with E-state index in [1.165, 1.54) is 0 Å². The van der Waals surface area contributed by atoms with E-state index in [-0.39, 0.29) is 0 Å². The van der Waals surface area contributed by atoms with Crippen molar-refractivity contribution in [1.82, 2.24) is 10.1 Å². The molecule has 0 spiro atoms. The van der Waals surface area contributed by atoms with Gasteiger partial charge in [0.05, 0.1) is 12.7 Å². The lowest BCUT2D eigenvalue weighted by molar-refractivity contribution is 0.413. The van der Waals surface area contributed by atoms with Gasteiger partial charge in [-0.3, -0.25) is 0 Å². The highest BCUT2D eigenvalue weighted by atomic mass is 79.9. The molecule has 106 valence electrons. The Morgan fingerprint density at radius 3 is 2.62 bits per heavy atom. The van der Waals surface area contributed by atoms with Crippen molar-refractivity contribution in [3.8, 4) is 28.6 Å². The van der Waals surface area contributed by atoms with Gasteiger partial charge in [-0.05, 0) is 58.4 Å². The van der Waals surface area contributed by atoms with Crippen LogP contribution in [0.4, 0.5) is 5.69 Å². The predicted octanol–water partition coefficient (Wildman–Crippen LogP) is 3.76. The summed E-state index contributed by atoms with van der Waals surface area (Å²) in [6, 6.07) is 12.9. The van der Waals surface area contributed by atoms with Gasteiger partial charge in [0.2, 0.25) is 5.82 Å². The molecule has 0 fully saturated rings. The first-order valence-corrected chi connectivity index (χ1v) is 7.00. The van der Waals surface area contributed by atoms with Crippen LogP contribution in [0.2, 0.25) is 0 Å². The number of nitrogens with two attached hydrogens (primary N) is 1. The quantitative estimate of drug-likeness (QED) is 0.731. The van der Waals surface area contributed by atoms with Crippen molar-refractivity contribution >= 4 is 21.6 Å². The second kappa shape index (κ2) is 5.57. The molecule has 3 aromatic rings. The summed E-state index contributed by atoms with van der Waals surface area (Å²) in [7, 11) is 1.61. The molecule has 0 aliphatic heterocycles. The molecular weight excluding hydrogens is 334 g/mol. The molecule has 0 saturated carbocycles. The standard InChI is InChI=1S/C15H12BrN3O2/c1-20-11-6-7-13(16)12(8-11)15-18-14(19-21-15)9-2-4-10(17)5-3-9/h2-8H,17H2,1H3. The number of hydrogen-bond donors (Lipinski definition) is 1. The van der Waals surface area contributed by atoms with Crippen molar-refractivity contribution < 1.29 is 9.26 Å². The third kappa shape index (κ3) is 2.75. The number of ether oxygens (including phenoxy) is 1. The fourth-order valence-electron chi connectivity index (χ4n) is 1.88. The topological polar surface area (TPSA) is 74.2 Å². The first-order chi connectivity index (χ1) is 10.2. The third-order valence-electron chi connectivity index (χ3n) is 3.00. The van der Waals surface area contributed by atoms with Gasteiger partial charge in [-0.1, -0.05) is 5.16 Å². The second-order valence-corrected chi connectivity index (χ2v) is 5.25.